The molecule has 0 amide bonds. The smallest absolute Gasteiger partial charge is 0.119 e. The molecule has 0 heterocycles. The van der Waals surface area contributed by atoms with E-state index >= 15 is 0 Å². The van der Waals surface area contributed by atoms with Crippen molar-refractivity contribution in [3.63, 3.8) is 0 Å². The Labute approximate surface area is 148 Å². The number of ether oxygens (including phenoxy) is 3. The zero-order valence-electron chi connectivity index (χ0n) is 14.2. The largest absolute Gasteiger partial charge is 0.491 e. The number of alkyl halides is 1. The highest BCUT2D eigenvalue weighted by Crippen LogP contribution is 2.15. The molecular weight excluding hydrogens is 321 g/mol. The lowest BCUT2D eigenvalue weighted by molar-refractivity contribution is 0.0325. The molecule has 2 rings (SSSR count). The molecule has 0 unspecified atom stereocenters. The maximum Gasteiger partial charge on any atom is 0.119 e. The minimum absolute atomic E-state index is 0.124. The molecule has 2 aromatic carbocycles. The van der Waals surface area contributed by atoms with E-state index in [2.05, 4.69) is 0 Å². The van der Waals surface area contributed by atoms with Crippen molar-refractivity contribution in [1.82, 2.24) is 0 Å². The highest BCUT2D eigenvalue weighted by Gasteiger charge is 1.95. The zero-order valence-corrected chi connectivity index (χ0v) is 14.2. The topological polar surface area (TPSA) is 53.7 Å². The first kappa shape index (κ1) is 19.0. The summed E-state index contributed by atoms with van der Waals surface area (Å²) in [4.78, 5) is 0. The third-order valence-corrected chi connectivity index (χ3v) is 3.37. The summed E-state index contributed by atoms with van der Waals surface area (Å²) in [5.41, 5.74) is 8.62. The fraction of sp³-hybridized carbons (Fsp3) is 0.300. The first-order chi connectivity index (χ1) is 12.3. The van der Waals surface area contributed by atoms with E-state index in [1.165, 1.54) is 0 Å². The third-order valence-electron chi connectivity index (χ3n) is 3.37. The zero-order chi connectivity index (χ0) is 17.7. The average molecular weight is 345 g/mol. The lowest BCUT2D eigenvalue weighted by Crippen LogP contribution is -2.11. The van der Waals surface area contributed by atoms with Gasteiger partial charge in [-0.2, -0.15) is 0 Å². The van der Waals surface area contributed by atoms with E-state index in [9.17, 15) is 4.39 Å². The molecule has 0 spiro atoms. The second-order valence-corrected chi connectivity index (χ2v) is 5.33. The molecule has 0 aliphatic heterocycles. The van der Waals surface area contributed by atoms with Crippen LogP contribution in [0.4, 0.5) is 10.1 Å². The van der Waals surface area contributed by atoms with E-state index in [-0.39, 0.29) is 6.61 Å². The summed E-state index contributed by atoms with van der Waals surface area (Å²) in [7, 11) is 0. The number of rotatable bonds is 11. The minimum Gasteiger partial charge on any atom is -0.491 e. The van der Waals surface area contributed by atoms with Gasteiger partial charge in [-0.25, -0.2) is 4.39 Å². The van der Waals surface area contributed by atoms with Gasteiger partial charge in [-0.05, 0) is 35.4 Å². The van der Waals surface area contributed by atoms with Crippen LogP contribution in [-0.2, 0) is 9.47 Å². The Balaban J connectivity index is 1.66. The Hall–Kier alpha value is -2.37. The first-order valence-corrected chi connectivity index (χ1v) is 8.26. The molecule has 0 aromatic heterocycles. The van der Waals surface area contributed by atoms with Crippen LogP contribution in [0.15, 0.2) is 48.5 Å². The highest BCUT2D eigenvalue weighted by atomic mass is 19.1. The van der Waals surface area contributed by atoms with Crippen LogP contribution in [0, 0.1) is 0 Å². The predicted octanol–water partition coefficient (Wildman–Crippen LogP) is 3.82. The summed E-state index contributed by atoms with van der Waals surface area (Å²) in [5.74, 6) is 0.793. The van der Waals surface area contributed by atoms with Crippen LogP contribution in [0.2, 0.25) is 0 Å². The Morgan fingerprint density at radius 2 is 1.24 bits per heavy atom. The van der Waals surface area contributed by atoms with Crippen molar-refractivity contribution in [1.29, 1.82) is 0 Å². The minimum atomic E-state index is -0.464. The summed E-state index contributed by atoms with van der Waals surface area (Å²) in [5, 5.41) is 0. The van der Waals surface area contributed by atoms with Crippen LogP contribution in [0.5, 0.6) is 5.75 Å². The van der Waals surface area contributed by atoms with Crippen molar-refractivity contribution in [2.24, 2.45) is 0 Å². The van der Waals surface area contributed by atoms with Crippen molar-refractivity contribution in [3.8, 4) is 5.75 Å². The van der Waals surface area contributed by atoms with Crippen LogP contribution < -0.4 is 10.5 Å². The molecule has 0 saturated carbocycles. The highest BCUT2D eigenvalue weighted by molar-refractivity contribution is 5.70. The number of nitrogens with two attached hydrogens (primary N) is 1. The molecule has 2 aromatic rings. The van der Waals surface area contributed by atoms with Gasteiger partial charge >= 0.3 is 0 Å². The molecule has 134 valence electrons. The van der Waals surface area contributed by atoms with Crippen LogP contribution in [0.3, 0.4) is 0 Å². The number of benzene rings is 2. The predicted molar refractivity (Wildman–Crippen MR) is 99.3 cm³/mol. The third kappa shape index (κ3) is 7.83. The number of hydrogen-bond donors (Lipinski definition) is 1. The van der Waals surface area contributed by atoms with Gasteiger partial charge < -0.3 is 19.9 Å². The van der Waals surface area contributed by atoms with Gasteiger partial charge in [0.15, 0.2) is 0 Å². The van der Waals surface area contributed by atoms with E-state index in [0.717, 1.165) is 22.6 Å². The van der Waals surface area contributed by atoms with Gasteiger partial charge in [0.1, 0.15) is 19.0 Å². The fourth-order valence-corrected chi connectivity index (χ4v) is 2.07. The molecule has 5 heteroatoms. The van der Waals surface area contributed by atoms with Crippen LogP contribution >= 0.6 is 0 Å². The molecule has 2 N–H and O–H groups in total. The molecule has 25 heavy (non-hydrogen) atoms. The monoisotopic (exact) mass is 345 g/mol. The van der Waals surface area contributed by atoms with E-state index in [1.807, 2.05) is 60.7 Å². The van der Waals surface area contributed by atoms with Crippen LogP contribution in [0.25, 0.3) is 12.2 Å². The van der Waals surface area contributed by atoms with Crippen molar-refractivity contribution in [2.45, 2.75) is 0 Å². The molecule has 0 atom stereocenters. The molecule has 0 aliphatic carbocycles. The van der Waals surface area contributed by atoms with Crippen LogP contribution in [-0.4, -0.2) is 39.7 Å². The number of nitrogen functional groups attached to an aromatic ring is 1. The standard InChI is InChI=1S/C20H24FNO3/c21-11-12-23-13-14-24-15-16-25-20-9-5-18(6-10-20)2-1-17-3-7-19(22)8-4-17/h1-10H,11-16,22H2/b2-1+. The number of anilines is 1. The van der Waals surface area contributed by atoms with Gasteiger partial charge in [0.25, 0.3) is 0 Å². The fourth-order valence-electron chi connectivity index (χ4n) is 2.07. The lowest BCUT2D eigenvalue weighted by Gasteiger charge is -2.07. The van der Waals surface area contributed by atoms with Gasteiger partial charge in [0.2, 0.25) is 0 Å². The molecule has 0 saturated heterocycles. The second-order valence-electron chi connectivity index (χ2n) is 5.33. The maximum atomic E-state index is 11.8. The summed E-state index contributed by atoms with van der Waals surface area (Å²) >= 11 is 0. The summed E-state index contributed by atoms with van der Waals surface area (Å²) in [6, 6.07) is 15.6. The van der Waals surface area contributed by atoms with E-state index in [4.69, 9.17) is 19.9 Å². The van der Waals surface area contributed by atoms with E-state index < -0.39 is 6.67 Å². The van der Waals surface area contributed by atoms with Gasteiger partial charge in [-0.3, -0.25) is 0 Å². The van der Waals surface area contributed by atoms with Crippen molar-refractivity contribution in [2.75, 3.05) is 45.4 Å². The van der Waals surface area contributed by atoms with E-state index in [1.54, 1.807) is 0 Å². The number of hydrogen-bond acceptors (Lipinski definition) is 4. The lowest BCUT2D eigenvalue weighted by atomic mass is 10.1. The van der Waals surface area contributed by atoms with Crippen LogP contribution in [0.1, 0.15) is 11.1 Å². The normalized spacial score (nSPS) is 11.1. The van der Waals surface area contributed by atoms with Crippen molar-refractivity contribution >= 4 is 17.8 Å². The summed E-state index contributed by atoms with van der Waals surface area (Å²) < 4.78 is 27.7. The number of halogens is 1. The Bertz CT molecular complexity index is 626. The van der Waals surface area contributed by atoms with Gasteiger partial charge in [0, 0.05) is 5.69 Å². The summed E-state index contributed by atoms with van der Waals surface area (Å²) in [6.07, 6.45) is 4.07. The van der Waals surface area contributed by atoms with Gasteiger partial charge in [0.05, 0.1) is 26.4 Å². The Morgan fingerprint density at radius 3 is 1.84 bits per heavy atom. The van der Waals surface area contributed by atoms with Crippen molar-refractivity contribution < 1.29 is 18.6 Å². The quantitative estimate of drug-likeness (QED) is 0.382. The van der Waals surface area contributed by atoms with E-state index in [0.29, 0.717) is 26.4 Å². The Morgan fingerprint density at radius 1 is 0.720 bits per heavy atom. The van der Waals surface area contributed by atoms with Gasteiger partial charge in [-0.15, -0.1) is 0 Å². The molecular formula is C20H24FNO3. The summed E-state index contributed by atoms with van der Waals surface area (Å²) in [6.45, 7) is 1.44. The molecule has 0 fully saturated rings. The first-order valence-electron chi connectivity index (χ1n) is 8.26. The molecule has 0 radical (unpaired) electrons. The molecule has 0 aliphatic rings. The molecule has 0 bridgehead atoms. The Kier molecular flexibility index (Phi) is 8.52. The maximum absolute atomic E-state index is 11.8. The van der Waals surface area contributed by atoms with Crippen molar-refractivity contribution in [3.05, 3.63) is 59.7 Å². The average Bonchev–Trinajstić information content (AvgIpc) is 2.64. The SMILES string of the molecule is Nc1ccc(/C=C/c2ccc(OCCOCCOCCF)cc2)cc1. The second kappa shape index (κ2) is 11.2. The van der Waals surface area contributed by atoms with Gasteiger partial charge in [-0.1, -0.05) is 36.4 Å². The molecule has 4 nitrogen and oxygen atoms in total.